The average Bonchev–Trinajstić information content (AvgIpc) is 3.19. The molecule has 4 nitrogen and oxygen atoms in total. The van der Waals surface area contributed by atoms with E-state index in [-0.39, 0.29) is 11.8 Å². The summed E-state index contributed by atoms with van der Waals surface area (Å²) in [5.74, 6) is 0.562. The second-order valence-corrected chi connectivity index (χ2v) is 6.12. The van der Waals surface area contributed by atoms with Crippen molar-refractivity contribution >= 4 is 5.91 Å². The third-order valence-corrected chi connectivity index (χ3v) is 4.80. The molecule has 0 aromatic carbocycles. The van der Waals surface area contributed by atoms with Gasteiger partial charge in [-0.15, -0.1) is 0 Å². The number of nitrogens with one attached hydrogen (secondary N) is 2. The second kappa shape index (κ2) is 5.92. The Morgan fingerprint density at radius 1 is 1.35 bits per heavy atom. The SMILES string of the molecule is O=C(NCCCc1ccncc1)[C@H]1CC12CCNCC2. The molecule has 1 aromatic heterocycles. The van der Waals surface area contributed by atoms with Gasteiger partial charge in [0.1, 0.15) is 0 Å². The van der Waals surface area contributed by atoms with Crippen molar-refractivity contribution in [1.29, 1.82) is 0 Å². The molecular weight excluding hydrogens is 250 g/mol. The van der Waals surface area contributed by atoms with Crippen molar-refractivity contribution in [3.8, 4) is 0 Å². The fraction of sp³-hybridized carbons (Fsp3) is 0.625. The molecule has 0 bridgehead atoms. The number of carbonyl (C=O) groups is 1. The highest BCUT2D eigenvalue weighted by molar-refractivity contribution is 5.82. The molecule has 2 heterocycles. The van der Waals surface area contributed by atoms with Crippen LogP contribution >= 0.6 is 0 Å². The molecule has 0 unspecified atom stereocenters. The van der Waals surface area contributed by atoms with Gasteiger partial charge in [-0.2, -0.15) is 0 Å². The molecule has 4 heteroatoms. The lowest BCUT2D eigenvalue weighted by molar-refractivity contribution is -0.123. The molecule has 20 heavy (non-hydrogen) atoms. The van der Waals surface area contributed by atoms with Gasteiger partial charge in [0.05, 0.1) is 0 Å². The first-order valence-electron chi connectivity index (χ1n) is 7.68. The molecule has 1 atom stereocenters. The number of amides is 1. The highest BCUT2D eigenvalue weighted by Crippen LogP contribution is 2.58. The number of piperidine rings is 1. The van der Waals surface area contributed by atoms with Crippen LogP contribution in [0.4, 0.5) is 0 Å². The molecule has 3 rings (SSSR count). The molecule has 0 radical (unpaired) electrons. The van der Waals surface area contributed by atoms with Crippen molar-refractivity contribution < 1.29 is 4.79 Å². The molecule has 1 amide bonds. The van der Waals surface area contributed by atoms with Crippen LogP contribution in [0.15, 0.2) is 24.5 Å². The van der Waals surface area contributed by atoms with E-state index < -0.39 is 0 Å². The molecule has 2 aliphatic rings. The number of aryl methyl sites for hydroxylation is 1. The predicted molar refractivity (Wildman–Crippen MR) is 78.2 cm³/mol. The summed E-state index contributed by atoms with van der Waals surface area (Å²) in [5, 5.41) is 6.48. The normalized spacial score (nSPS) is 23.5. The quantitative estimate of drug-likeness (QED) is 0.800. The van der Waals surface area contributed by atoms with Crippen LogP contribution in [0, 0.1) is 11.3 Å². The lowest BCUT2D eigenvalue weighted by atomic mass is 9.92. The molecular formula is C16H23N3O. The average molecular weight is 273 g/mol. The summed E-state index contributed by atoms with van der Waals surface area (Å²) in [5.41, 5.74) is 1.64. The minimum atomic E-state index is 0.279. The smallest absolute Gasteiger partial charge is 0.223 e. The number of rotatable bonds is 5. The Kier molecular flexibility index (Phi) is 4.01. The van der Waals surface area contributed by atoms with Crippen molar-refractivity contribution in [3.63, 3.8) is 0 Å². The molecule has 1 aromatic rings. The third-order valence-electron chi connectivity index (χ3n) is 4.80. The highest BCUT2D eigenvalue weighted by atomic mass is 16.2. The summed E-state index contributed by atoms with van der Waals surface area (Å²) < 4.78 is 0. The van der Waals surface area contributed by atoms with Gasteiger partial charge in [-0.1, -0.05) is 0 Å². The summed E-state index contributed by atoms with van der Waals surface area (Å²) in [7, 11) is 0. The van der Waals surface area contributed by atoms with Crippen molar-refractivity contribution in [1.82, 2.24) is 15.6 Å². The van der Waals surface area contributed by atoms with Gasteiger partial charge in [-0.05, 0) is 68.3 Å². The largest absolute Gasteiger partial charge is 0.356 e. The molecule has 2 fully saturated rings. The van der Waals surface area contributed by atoms with E-state index in [1.807, 2.05) is 24.5 Å². The van der Waals surface area contributed by atoms with Crippen molar-refractivity contribution in [2.45, 2.75) is 32.1 Å². The number of carbonyl (C=O) groups excluding carboxylic acids is 1. The van der Waals surface area contributed by atoms with E-state index in [9.17, 15) is 4.79 Å². The maximum absolute atomic E-state index is 12.1. The van der Waals surface area contributed by atoms with Crippen LogP contribution < -0.4 is 10.6 Å². The van der Waals surface area contributed by atoms with Gasteiger partial charge in [0, 0.05) is 24.9 Å². The summed E-state index contributed by atoms with van der Waals surface area (Å²) >= 11 is 0. The van der Waals surface area contributed by atoms with Gasteiger partial charge in [0.15, 0.2) is 0 Å². The Hall–Kier alpha value is -1.42. The van der Waals surface area contributed by atoms with Crippen LogP contribution in [-0.4, -0.2) is 30.5 Å². The van der Waals surface area contributed by atoms with Crippen LogP contribution in [0.5, 0.6) is 0 Å². The van der Waals surface area contributed by atoms with Gasteiger partial charge in [-0.25, -0.2) is 0 Å². The summed E-state index contributed by atoms with van der Waals surface area (Å²) in [6.45, 7) is 2.93. The Balaban J connectivity index is 1.36. The van der Waals surface area contributed by atoms with Crippen molar-refractivity contribution in [2.75, 3.05) is 19.6 Å². The predicted octanol–water partition coefficient (Wildman–Crippen LogP) is 1.52. The van der Waals surface area contributed by atoms with Crippen LogP contribution in [0.3, 0.4) is 0 Å². The van der Waals surface area contributed by atoms with Crippen LogP contribution in [-0.2, 0) is 11.2 Å². The third kappa shape index (κ3) is 3.01. The lowest BCUT2D eigenvalue weighted by Gasteiger charge is -2.23. The van der Waals surface area contributed by atoms with Crippen LogP contribution in [0.1, 0.15) is 31.2 Å². The molecule has 1 saturated carbocycles. The molecule has 1 spiro atoms. The number of pyridine rings is 1. The Morgan fingerprint density at radius 3 is 2.85 bits per heavy atom. The number of nitrogens with zero attached hydrogens (tertiary/aromatic N) is 1. The van der Waals surface area contributed by atoms with Crippen molar-refractivity contribution in [3.05, 3.63) is 30.1 Å². The molecule has 1 aliphatic carbocycles. The number of hydrogen-bond acceptors (Lipinski definition) is 3. The van der Waals surface area contributed by atoms with Gasteiger partial charge in [-0.3, -0.25) is 9.78 Å². The zero-order valence-electron chi connectivity index (χ0n) is 11.9. The summed E-state index contributed by atoms with van der Waals surface area (Å²) in [4.78, 5) is 16.2. The fourth-order valence-electron chi connectivity index (χ4n) is 3.37. The summed E-state index contributed by atoms with van der Waals surface area (Å²) in [6, 6.07) is 4.07. The maximum Gasteiger partial charge on any atom is 0.223 e. The maximum atomic E-state index is 12.1. The van der Waals surface area contributed by atoms with Crippen molar-refractivity contribution in [2.24, 2.45) is 11.3 Å². The highest BCUT2D eigenvalue weighted by Gasteiger charge is 2.57. The Bertz CT molecular complexity index is 454. The van der Waals surface area contributed by atoms with E-state index in [1.54, 1.807) is 0 Å². The van der Waals surface area contributed by atoms with Gasteiger partial charge >= 0.3 is 0 Å². The second-order valence-electron chi connectivity index (χ2n) is 6.12. The minimum absolute atomic E-state index is 0.279. The van der Waals surface area contributed by atoms with Crippen LogP contribution in [0.25, 0.3) is 0 Å². The molecule has 2 N–H and O–H groups in total. The first kappa shape index (κ1) is 13.6. The van der Waals surface area contributed by atoms with Gasteiger partial charge < -0.3 is 10.6 Å². The Morgan fingerprint density at radius 2 is 2.10 bits per heavy atom. The lowest BCUT2D eigenvalue weighted by Crippen LogP contribution is -2.34. The number of hydrogen-bond donors (Lipinski definition) is 2. The van der Waals surface area contributed by atoms with E-state index in [0.717, 1.165) is 38.9 Å². The van der Waals surface area contributed by atoms with Gasteiger partial charge in [0.2, 0.25) is 5.91 Å². The number of aromatic nitrogens is 1. The minimum Gasteiger partial charge on any atom is -0.356 e. The van der Waals surface area contributed by atoms with E-state index in [4.69, 9.17) is 0 Å². The first-order valence-corrected chi connectivity index (χ1v) is 7.68. The fourth-order valence-corrected chi connectivity index (χ4v) is 3.37. The molecule has 108 valence electrons. The monoisotopic (exact) mass is 273 g/mol. The zero-order valence-corrected chi connectivity index (χ0v) is 11.9. The topological polar surface area (TPSA) is 54.0 Å². The van der Waals surface area contributed by atoms with Gasteiger partial charge in [0.25, 0.3) is 0 Å². The van der Waals surface area contributed by atoms with E-state index in [2.05, 4.69) is 15.6 Å². The first-order chi connectivity index (χ1) is 9.80. The molecule has 1 aliphatic heterocycles. The van der Waals surface area contributed by atoms with E-state index in [0.29, 0.717) is 5.41 Å². The van der Waals surface area contributed by atoms with Crippen LogP contribution in [0.2, 0.25) is 0 Å². The Labute approximate surface area is 120 Å². The van der Waals surface area contributed by atoms with E-state index in [1.165, 1.54) is 18.4 Å². The molecule has 1 saturated heterocycles. The van der Waals surface area contributed by atoms with E-state index >= 15 is 0 Å². The summed E-state index contributed by atoms with van der Waals surface area (Å²) in [6.07, 6.45) is 9.08. The standard InChI is InChI=1S/C16H23N3O/c20-15(14-12-16(14)5-10-18-11-6-16)19-7-1-2-13-3-8-17-9-4-13/h3-4,8-9,14,18H,1-2,5-7,10-12H2,(H,19,20)/t14-/m1/s1. The zero-order chi connectivity index (χ0) is 13.8.